The molecule has 3 aromatic carbocycles. The van der Waals surface area contributed by atoms with Gasteiger partial charge in [-0.05, 0) is 30.3 Å². The van der Waals surface area contributed by atoms with Crippen LogP contribution in [0.2, 0.25) is 0 Å². The lowest BCUT2D eigenvalue weighted by Gasteiger charge is -2.07. The molecule has 0 aliphatic rings. The minimum atomic E-state index is -0.250. The normalized spacial score (nSPS) is 10.9. The van der Waals surface area contributed by atoms with E-state index in [2.05, 4.69) is 5.32 Å². The maximum atomic E-state index is 12.7. The van der Waals surface area contributed by atoms with Crippen LogP contribution < -0.4 is 5.32 Å². The summed E-state index contributed by atoms with van der Waals surface area (Å²) >= 11 is 1.58. The third kappa shape index (κ3) is 2.64. The molecule has 0 spiro atoms. The highest BCUT2D eigenvalue weighted by Gasteiger charge is 2.14. The molecule has 4 nitrogen and oxygen atoms in total. The SMILES string of the molecule is O=Cc1cc(NC(=O)c2cccc3c2sc2ccccc23)ccc1O. The molecule has 1 aromatic heterocycles. The Morgan fingerprint density at radius 3 is 2.64 bits per heavy atom. The van der Waals surface area contributed by atoms with E-state index < -0.39 is 0 Å². The lowest BCUT2D eigenvalue weighted by atomic mass is 10.1. The van der Waals surface area contributed by atoms with Crippen molar-refractivity contribution >= 4 is 49.4 Å². The average molecular weight is 347 g/mol. The van der Waals surface area contributed by atoms with E-state index in [0.29, 0.717) is 17.5 Å². The van der Waals surface area contributed by atoms with E-state index in [1.807, 2.05) is 36.4 Å². The molecule has 0 bridgehead atoms. The summed E-state index contributed by atoms with van der Waals surface area (Å²) in [5.74, 6) is -0.362. The van der Waals surface area contributed by atoms with E-state index in [9.17, 15) is 14.7 Å². The van der Waals surface area contributed by atoms with Crippen LogP contribution in [0.4, 0.5) is 5.69 Å². The molecule has 25 heavy (non-hydrogen) atoms. The van der Waals surface area contributed by atoms with Crippen molar-refractivity contribution in [3.63, 3.8) is 0 Å². The zero-order valence-corrected chi connectivity index (χ0v) is 13.8. The molecule has 4 rings (SSSR count). The van der Waals surface area contributed by atoms with Gasteiger partial charge >= 0.3 is 0 Å². The van der Waals surface area contributed by atoms with Crippen molar-refractivity contribution in [1.82, 2.24) is 0 Å². The number of nitrogens with one attached hydrogen (secondary N) is 1. The smallest absolute Gasteiger partial charge is 0.257 e. The van der Waals surface area contributed by atoms with Crippen molar-refractivity contribution in [2.75, 3.05) is 5.32 Å². The molecule has 0 radical (unpaired) electrons. The molecule has 2 N–H and O–H groups in total. The number of hydrogen-bond acceptors (Lipinski definition) is 4. The van der Waals surface area contributed by atoms with Crippen LogP contribution in [0.15, 0.2) is 60.7 Å². The Balaban J connectivity index is 1.76. The minimum absolute atomic E-state index is 0.111. The van der Waals surface area contributed by atoms with E-state index in [1.54, 1.807) is 23.5 Å². The van der Waals surface area contributed by atoms with Crippen LogP contribution >= 0.6 is 11.3 Å². The molecule has 0 saturated carbocycles. The average Bonchev–Trinajstić information content (AvgIpc) is 3.02. The number of rotatable bonds is 3. The molecule has 0 aliphatic carbocycles. The van der Waals surface area contributed by atoms with Gasteiger partial charge in [0.15, 0.2) is 6.29 Å². The second kappa shape index (κ2) is 6.03. The number of benzene rings is 3. The maximum Gasteiger partial charge on any atom is 0.257 e. The van der Waals surface area contributed by atoms with Crippen LogP contribution in [0.3, 0.4) is 0 Å². The summed E-state index contributed by atoms with van der Waals surface area (Å²) in [7, 11) is 0. The number of carbonyl (C=O) groups is 2. The van der Waals surface area contributed by atoms with Gasteiger partial charge in [-0.2, -0.15) is 0 Å². The summed E-state index contributed by atoms with van der Waals surface area (Å²) in [5.41, 5.74) is 1.18. The zero-order chi connectivity index (χ0) is 17.4. The Hall–Kier alpha value is -3.18. The van der Waals surface area contributed by atoms with E-state index in [0.717, 1.165) is 20.2 Å². The summed E-state index contributed by atoms with van der Waals surface area (Å²) < 4.78 is 2.06. The second-order valence-corrected chi connectivity index (χ2v) is 6.68. The Morgan fingerprint density at radius 2 is 1.80 bits per heavy atom. The highest BCUT2D eigenvalue weighted by molar-refractivity contribution is 7.26. The molecule has 1 heterocycles. The molecule has 1 amide bonds. The Morgan fingerprint density at radius 1 is 1.00 bits per heavy atom. The number of phenolic OH excluding ortho intramolecular Hbond substituents is 1. The first-order chi connectivity index (χ1) is 12.2. The van der Waals surface area contributed by atoms with Gasteiger partial charge in [-0.3, -0.25) is 9.59 Å². The van der Waals surface area contributed by atoms with Crippen LogP contribution in [0, 0.1) is 0 Å². The number of carbonyl (C=O) groups excluding carboxylic acids is 2. The topological polar surface area (TPSA) is 66.4 Å². The van der Waals surface area contributed by atoms with Gasteiger partial charge in [0.1, 0.15) is 5.75 Å². The molecular formula is C20H13NO3S. The highest BCUT2D eigenvalue weighted by Crippen LogP contribution is 2.36. The third-order valence-corrected chi connectivity index (χ3v) is 5.28. The summed E-state index contributed by atoms with van der Waals surface area (Å²) in [5, 5.41) is 14.5. The Labute approximate surface area is 147 Å². The first-order valence-corrected chi connectivity index (χ1v) is 8.49. The number of thiophene rings is 1. The second-order valence-electron chi connectivity index (χ2n) is 5.63. The lowest BCUT2D eigenvalue weighted by Crippen LogP contribution is -2.12. The van der Waals surface area contributed by atoms with Gasteiger partial charge in [-0.15, -0.1) is 11.3 Å². The molecule has 0 atom stereocenters. The van der Waals surface area contributed by atoms with Crippen molar-refractivity contribution in [2.45, 2.75) is 0 Å². The fraction of sp³-hybridized carbons (Fsp3) is 0. The fourth-order valence-electron chi connectivity index (χ4n) is 2.85. The molecule has 0 saturated heterocycles. The van der Waals surface area contributed by atoms with Crippen LogP contribution in [0.25, 0.3) is 20.2 Å². The number of hydrogen-bond donors (Lipinski definition) is 2. The number of amides is 1. The zero-order valence-electron chi connectivity index (χ0n) is 13.0. The van der Waals surface area contributed by atoms with Gasteiger partial charge in [0, 0.05) is 25.9 Å². The number of fused-ring (bicyclic) bond motifs is 3. The predicted molar refractivity (Wildman–Crippen MR) is 101 cm³/mol. The number of aromatic hydroxyl groups is 1. The molecule has 122 valence electrons. The summed E-state index contributed by atoms with van der Waals surface area (Å²) in [6.45, 7) is 0. The lowest BCUT2D eigenvalue weighted by molar-refractivity contribution is 0.102. The summed E-state index contributed by atoms with van der Waals surface area (Å²) in [6, 6.07) is 18.1. The number of anilines is 1. The van der Waals surface area contributed by atoms with Crippen molar-refractivity contribution in [2.24, 2.45) is 0 Å². The van der Waals surface area contributed by atoms with Crippen LogP contribution in [0.1, 0.15) is 20.7 Å². The molecule has 0 unspecified atom stereocenters. The standard InChI is InChI=1S/C20H13NO3S/c22-11-12-10-13(8-9-17(12)23)21-20(24)16-6-3-5-15-14-4-1-2-7-18(14)25-19(15)16/h1-11,23H,(H,21,24). The van der Waals surface area contributed by atoms with Gasteiger partial charge < -0.3 is 10.4 Å². The van der Waals surface area contributed by atoms with Crippen molar-refractivity contribution in [1.29, 1.82) is 0 Å². The van der Waals surface area contributed by atoms with E-state index in [1.165, 1.54) is 12.1 Å². The third-order valence-electron chi connectivity index (χ3n) is 4.06. The molecular weight excluding hydrogens is 334 g/mol. The van der Waals surface area contributed by atoms with Gasteiger partial charge in [-0.1, -0.05) is 30.3 Å². The van der Waals surface area contributed by atoms with Crippen molar-refractivity contribution < 1.29 is 14.7 Å². The number of phenols is 1. The quantitative estimate of drug-likeness (QED) is 0.412. The van der Waals surface area contributed by atoms with Gasteiger partial charge in [0.25, 0.3) is 5.91 Å². The van der Waals surface area contributed by atoms with Gasteiger partial charge in [0.2, 0.25) is 0 Å². The summed E-state index contributed by atoms with van der Waals surface area (Å²) in [4.78, 5) is 23.7. The monoisotopic (exact) mass is 347 g/mol. The van der Waals surface area contributed by atoms with E-state index in [-0.39, 0.29) is 17.2 Å². The predicted octanol–water partition coefficient (Wildman–Crippen LogP) is 4.82. The highest BCUT2D eigenvalue weighted by atomic mass is 32.1. The first kappa shape index (κ1) is 15.4. The van der Waals surface area contributed by atoms with Gasteiger partial charge in [-0.25, -0.2) is 0 Å². The van der Waals surface area contributed by atoms with E-state index >= 15 is 0 Å². The maximum absolute atomic E-state index is 12.7. The van der Waals surface area contributed by atoms with Crippen LogP contribution in [-0.4, -0.2) is 17.3 Å². The van der Waals surface area contributed by atoms with Crippen LogP contribution in [0.5, 0.6) is 5.75 Å². The van der Waals surface area contributed by atoms with Crippen molar-refractivity contribution in [3.05, 3.63) is 71.8 Å². The molecule has 0 aliphatic heterocycles. The summed E-state index contributed by atoms with van der Waals surface area (Å²) in [6.07, 6.45) is 0.553. The minimum Gasteiger partial charge on any atom is -0.507 e. The van der Waals surface area contributed by atoms with Gasteiger partial charge in [0.05, 0.1) is 11.1 Å². The Kier molecular flexibility index (Phi) is 3.71. The van der Waals surface area contributed by atoms with Crippen molar-refractivity contribution in [3.8, 4) is 5.75 Å². The van der Waals surface area contributed by atoms with E-state index in [4.69, 9.17) is 0 Å². The van der Waals surface area contributed by atoms with Crippen LogP contribution in [-0.2, 0) is 0 Å². The number of aldehydes is 1. The Bertz CT molecular complexity index is 1130. The largest absolute Gasteiger partial charge is 0.507 e. The molecule has 0 fully saturated rings. The first-order valence-electron chi connectivity index (χ1n) is 7.67. The molecule has 5 heteroatoms. The fourth-order valence-corrected chi connectivity index (χ4v) is 4.06. The molecule has 4 aromatic rings.